The highest BCUT2D eigenvalue weighted by Crippen LogP contribution is 2.29. The quantitative estimate of drug-likeness (QED) is 0.842. The van der Waals surface area contributed by atoms with Gasteiger partial charge in [-0.1, -0.05) is 11.3 Å². The molecule has 1 aromatic heterocycles. The Morgan fingerprint density at radius 2 is 2.24 bits per heavy atom. The van der Waals surface area contributed by atoms with Crippen molar-refractivity contribution in [1.82, 2.24) is 10.3 Å². The molecule has 90 valence electrons. The smallest absolute Gasteiger partial charge is 0.186 e. The van der Waals surface area contributed by atoms with E-state index in [0.29, 0.717) is 0 Å². The Kier molecular flexibility index (Phi) is 2.94. The van der Waals surface area contributed by atoms with Crippen molar-refractivity contribution < 1.29 is 4.39 Å². The van der Waals surface area contributed by atoms with Gasteiger partial charge in [-0.05, 0) is 31.2 Å². The Hall–Kier alpha value is -1.20. The molecule has 0 bridgehead atoms. The zero-order valence-corrected chi connectivity index (χ0v) is 10.3. The van der Waals surface area contributed by atoms with Crippen LogP contribution in [0.2, 0.25) is 0 Å². The van der Waals surface area contributed by atoms with Crippen LogP contribution in [0.4, 0.5) is 9.52 Å². The van der Waals surface area contributed by atoms with Crippen LogP contribution in [0.5, 0.6) is 0 Å². The van der Waals surface area contributed by atoms with Crippen molar-refractivity contribution in [2.75, 3.05) is 31.1 Å². The number of nitrogens with one attached hydrogen (secondary N) is 1. The minimum absolute atomic E-state index is 0.190. The number of thiazole rings is 1. The molecule has 3 rings (SSSR count). The molecule has 1 aliphatic rings. The number of benzene rings is 1. The first-order chi connectivity index (χ1) is 8.33. The molecule has 2 heterocycles. The highest BCUT2D eigenvalue weighted by atomic mass is 32.1. The molecule has 0 atom stereocenters. The number of aromatic nitrogens is 1. The van der Waals surface area contributed by atoms with Crippen molar-refractivity contribution >= 4 is 26.7 Å². The van der Waals surface area contributed by atoms with Crippen LogP contribution in [0.3, 0.4) is 0 Å². The molecule has 0 spiro atoms. The second-order valence-electron chi connectivity index (χ2n) is 4.20. The third-order valence-corrected chi connectivity index (χ3v) is 4.03. The molecule has 0 amide bonds. The van der Waals surface area contributed by atoms with Gasteiger partial charge in [0.1, 0.15) is 5.82 Å². The van der Waals surface area contributed by atoms with Gasteiger partial charge in [0.15, 0.2) is 5.13 Å². The van der Waals surface area contributed by atoms with E-state index in [1.54, 1.807) is 23.5 Å². The highest BCUT2D eigenvalue weighted by molar-refractivity contribution is 7.22. The summed E-state index contributed by atoms with van der Waals surface area (Å²) in [5.74, 6) is -0.190. The lowest BCUT2D eigenvalue weighted by Gasteiger charge is -2.17. The number of fused-ring (bicyclic) bond motifs is 1. The normalized spacial score (nSPS) is 17.4. The number of hydrogen-bond donors (Lipinski definition) is 1. The maximum atomic E-state index is 13.1. The van der Waals surface area contributed by atoms with Crippen molar-refractivity contribution in [3.63, 3.8) is 0 Å². The molecule has 17 heavy (non-hydrogen) atoms. The summed E-state index contributed by atoms with van der Waals surface area (Å²) in [6, 6.07) is 4.78. The summed E-state index contributed by atoms with van der Waals surface area (Å²) in [7, 11) is 0. The second kappa shape index (κ2) is 4.58. The zero-order valence-electron chi connectivity index (χ0n) is 9.45. The lowest BCUT2D eigenvalue weighted by molar-refractivity contribution is 0.630. The molecule has 1 N–H and O–H groups in total. The van der Waals surface area contributed by atoms with Gasteiger partial charge in [0.2, 0.25) is 0 Å². The molecule has 5 heteroatoms. The Morgan fingerprint density at radius 3 is 3.18 bits per heavy atom. The molecule has 1 aliphatic heterocycles. The van der Waals surface area contributed by atoms with Crippen LogP contribution >= 0.6 is 11.3 Å². The van der Waals surface area contributed by atoms with Crippen molar-refractivity contribution in [2.24, 2.45) is 0 Å². The largest absolute Gasteiger partial charge is 0.347 e. The van der Waals surface area contributed by atoms with Crippen LogP contribution in [0.25, 0.3) is 10.2 Å². The Bertz CT molecular complexity index is 517. The molecular formula is C12H14FN3S. The third-order valence-electron chi connectivity index (χ3n) is 2.95. The van der Waals surface area contributed by atoms with Crippen LogP contribution in [-0.2, 0) is 0 Å². The Morgan fingerprint density at radius 1 is 1.29 bits per heavy atom. The zero-order chi connectivity index (χ0) is 11.7. The van der Waals surface area contributed by atoms with Crippen molar-refractivity contribution in [3.05, 3.63) is 24.0 Å². The van der Waals surface area contributed by atoms with Crippen LogP contribution < -0.4 is 10.2 Å². The van der Waals surface area contributed by atoms with Gasteiger partial charge in [-0.25, -0.2) is 9.37 Å². The van der Waals surface area contributed by atoms with Crippen LogP contribution in [-0.4, -0.2) is 31.2 Å². The molecule has 0 unspecified atom stereocenters. The van der Waals surface area contributed by atoms with Gasteiger partial charge in [0.05, 0.1) is 10.2 Å². The van der Waals surface area contributed by atoms with Gasteiger partial charge in [-0.15, -0.1) is 0 Å². The van der Waals surface area contributed by atoms with E-state index in [2.05, 4.69) is 15.2 Å². The first-order valence-electron chi connectivity index (χ1n) is 5.85. The molecule has 0 aliphatic carbocycles. The van der Waals surface area contributed by atoms with Gasteiger partial charge in [0.25, 0.3) is 0 Å². The predicted molar refractivity (Wildman–Crippen MR) is 69.3 cm³/mol. The van der Waals surface area contributed by atoms with Crippen molar-refractivity contribution in [1.29, 1.82) is 0 Å². The fourth-order valence-corrected chi connectivity index (χ4v) is 3.10. The Balaban J connectivity index is 1.93. The summed E-state index contributed by atoms with van der Waals surface area (Å²) in [5, 5.41) is 4.37. The number of rotatable bonds is 1. The first-order valence-corrected chi connectivity index (χ1v) is 6.66. The fraction of sp³-hybridized carbons (Fsp3) is 0.417. The van der Waals surface area contributed by atoms with Gasteiger partial charge in [0, 0.05) is 19.6 Å². The summed E-state index contributed by atoms with van der Waals surface area (Å²) in [5.41, 5.74) is 0.892. The standard InChI is InChI=1S/C12H14FN3S/c13-9-2-3-10-11(8-9)17-12(15-10)16-6-1-4-14-5-7-16/h2-3,8,14H,1,4-7H2. The summed E-state index contributed by atoms with van der Waals surface area (Å²) in [6.07, 6.45) is 1.13. The monoisotopic (exact) mass is 251 g/mol. The summed E-state index contributed by atoms with van der Waals surface area (Å²) in [4.78, 5) is 6.85. The van der Waals surface area contributed by atoms with Gasteiger partial charge in [-0.3, -0.25) is 0 Å². The van der Waals surface area contributed by atoms with Crippen LogP contribution in [0, 0.1) is 5.82 Å². The average Bonchev–Trinajstić information content (AvgIpc) is 2.57. The highest BCUT2D eigenvalue weighted by Gasteiger charge is 2.13. The van der Waals surface area contributed by atoms with Crippen LogP contribution in [0.1, 0.15) is 6.42 Å². The van der Waals surface area contributed by atoms with E-state index >= 15 is 0 Å². The van der Waals surface area contributed by atoms with E-state index < -0.39 is 0 Å². The summed E-state index contributed by atoms with van der Waals surface area (Å²) in [6.45, 7) is 4.05. The lowest BCUT2D eigenvalue weighted by atomic mass is 10.3. The van der Waals surface area contributed by atoms with Crippen molar-refractivity contribution in [3.8, 4) is 0 Å². The topological polar surface area (TPSA) is 28.2 Å². The minimum Gasteiger partial charge on any atom is -0.347 e. The number of nitrogens with zero attached hydrogens (tertiary/aromatic N) is 2. The SMILES string of the molecule is Fc1ccc2nc(N3CCCNCC3)sc2c1. The average molecular weight is 251 g/mol. The van der Waals surface area contributed by atoms with Crippen LogP contribution in [0.15, 0.2) is 18.2 Å². The van der Waals surface area contributed by atoms with E-state index in [1.165, 1.54) is 6.07 Å². The maximum Gasteiger partial charge on any atom is 0.186 e. The third kappa shape index (κ3) is 2.25. The molecule has 2 aromatic rings. The maximum absolute atomic E-state index is 13.1. The van der Waals surface area contributed by atoms with Gasteiger partial charge >= 0.3 is 0 Å². The van der Waals surface area contributed by atoms with Gasteiger partial charge < -0.3 is 10.2 Å². The molecule has 0 radical (unpaired) electrons. The summed E-state index contributed by atoms with van der Waals surface area (Å²) < 4.78 is 14.0. The van der Waals surface area contributed by atoms with E-state index in [1.807, 2.05) is 0 Å². The molecule has 1 fully saturated rings. The number of anilines is 1. The summed E-state index contributed by atoms with van der Waals surface area (Å²) >= 11 is 1.57. The van der Waals surface area contributed by atoms with Gasteiger partial charge in [-0.2, -0.15) is 0 Å². The second-order valence-corrected chi connectivity index (χ2v) is 5.21. The van der Waals surface area contributed by atoms with E-state index in [4.69, 9.17) is 0 Å². The fourth-order valence-electron chi connectivity index (χ4n) is 2.06. The number of hydrogen-bond acceptors (Lipinski definition) is 4. The molecule has 3 nitrogen and oxygen atoms in total. The lowest BCUT2D eigenvalue weighted by Crippen LogP contribution is -2.27. The molecular weight excluding hydrogens is 237 g/mol. The predicted octanol–water partition coefficient (Wildman–Crippen LogP) is 2.24. The molecule has 1 aromatic carbocycles. The van der Waals surface area contributed by atoms with Crippen molar-refractivity contribution in [2.45, 2.75) is 6.42 Å². The van der Waals surface area contributed by atoms with E-state index in [-0.39, 0.29) is 5.82 Å². The molecule has 1 saturated heterocycles. The Labute approximate surface area is 103 Å². The minimum atomic E-state index is -0.190. The van der Waals surface area contributed by atoms with E-state index in [0.717, 1.165) is 47.9 Å². The number of halogens is 1. The van der Waals surface area contributed by atoms with E-state index in [9.17, 15) is 4.39 Å². The first kappa shape index (κ1) is 10.9. The molecule has 0 saturated carbocycles.